The van der Waals surface area contributed by atoms with Gasteiger partial charge >= 0.3 is 5.97 Å². The molecule has 1 aromatic carbocycles. The van der Waals surface area contributed by atoms with Crippen LogP contribution in [0.5, 0.6) is 0 Å². The van der Waals surface area contributed by atoms with E-state index in [4.69, 9.17) is 4.74 Å². The molecule has 0 unspecified atom stereocenters. The largest absolute Gasteiger partial charge is 0.469 e. The molecule has 3 rings (SSSR count). The molecule has 0 bridgehead atoms. The minimum atomic E-state index is -0.287. The number of rotatable bonds is 1. The molecule has 0 aromatic heterocycles. The summed E-state index contributed by atoms with van der Waals surface area (Å²) in [5.41, 5.74) is 2.63. The first-order chi connectivity index (χ1) is 9.15. The summed E-state index contributed by atoms with van der Waals surface area (Å²) >= 11 is 0. The number of benzene rings is 1. The lowest BCUT2D eigenvalue weighted by Gasteiger charge is -2.47. The predicted molar refractivity (Wildman–Crippen MR) is 74.8 cm³/mol. The summed E-state index contributed by atoms with van der Waals surface area (Å²) in [6.45, 7) is 2.11. The second-order valence-corrected chi connectivity index (χ2v) is 6.34. The smallest absolute Gasteiger partial charge is 0.311 e. The molecule has 0 spiro atoms. The minimum absolute atomic E-state index is 0.0124. The fourth-order valence-corrected chi connectivity index (χ4v) is 4.24. The molecule has 0 amide bonds. The Bertz CT molecular complexity index is 494. The third kappa shape index (κ3) is 1.98. The van der Waals surface area contributed by atoms with E-state index in [9.17, 15) is 4.79 Å². The van der Waals surface area contributed by atoms with E-state index in [-0.39, 0.29) is 11.4 Å². The normalized spacial score (nSPS) is 33.2. The van der Waals surface area contributed by atoms with Gasteiger partial charge in [0.05, 0.1) is 12.5 Å². The molecular formula is C17H22O2. The Hall–Kier alpha value is -1.31. The lowest BCUT2D eigenvalue weighted by atomic mass is 9.57. The quantitative estimate of drug-likeness (QED) is 0.722. The highest BCUT2D eigenvalue weighted by atomic mass is 16.5. The summed E-state index contributed by atoms with van der Waals surface area (Å²) in [5.74, 6) is 1.08. The van der Waals surface area contributed by atoms with Crippen molar-refractivity contribution in [3.05, 3.63) is 35.4 Å². The van der Waals surface area contributed by atoms with Crippen LogP contribution in [0.2, 0.25) is 0 Å². The van der Waals surface area contributed by atoms with Crippen LogP contribution in [0.1, 0.15) is 37.3 Å². The highest BCUT2D eigenvalue weighted by Crippen LogP contribution is 2.50. The number of fused-ring (bicyclic) bond motifs is 2. The van der Waals surface area contributed by atoms with Crippen LogP contribution >= 0.6 is 0 Å². The van der Waals surface area contributed by atoms with Gasteiger partial charge in [0, 0.05) is 0 Å². The SMILES string of the molecule is COC(=O)[C@]1(C)CCC[C@@H]2Cc3ccccc3C[C@H]21. The van der Waals surface area contributed by atoms with E-state index in [0.29, 0.717) is 11.8 Å². The molecule has 1 aromatic rings. The van der Waals surface area contributed by atoms with Crippen LogP contribution < -0.4 is 0 Å². The van der Waals surface area contributed by atoms with Gasteiger partial charge in [0.1, 0.15) is 0 Å². The van der Waals surface area contributed by atoms with Crippen molar-refractivity contribution in [2.75, 3.05) is 7.11 Å². The fraction of sp³-hybridized carbons (Fsp3) is 0.588. The molecule has 3 atom stereocenters. The van der Waals surface area contributed by atoms with E-state index in [2.05, 4.69) is 31.2 Å². The van der Waals surface area contributed by atoms with Gasteiger partial charge in [-0.3, -0.25) is 4.79 Å². The van der Waals surface area contributed by atoms with Crippen LogP contribution in [0.4, 0.5) is 0 Å². The number of ether oxygens (including phenoxy) is 1. The molecule has 0 heterocycles. The molecule has 2 aliphatic carbocycles. The van der Waals surface area contributed by atoms with Crippen LogP contribution in [-0.2, 0) is 22.4 Å². The van der Waals surface area contributed by atoms with Gasteiger partial charge in [-0.15, -0.1) is 0 Å². The van der Waals surface area contributed by atoms with Crippen molar-refractivity contribution in [2.24, 2.45) is 17.3 Å². The minimum Gasteiger partial charge on any atom is -0.469 e. The Balaban J connectivity index is 1.95. The van der Waals surface area contributed by atoms with Crippen LogP contribution in [0, 0.1) is 17.3 Å². The van der Waals surface area contributed by atoms with Crippen LogP contribution in [0.15, 0.2) is 24.3 Å². The summed E-state index contributed by atoms with van der Waals surface area (Å²) in [5, 5.41) is 0. The number of carbonyl (C=O) groups excluding carboxylic acids is 1. The van der Waals surface area contributed by atoms with E-state index < -0.39 is 0 Å². The topological polar surface area (TPSA) is 26.3 Å². The molecular weight excluding hydrogens is 236 g/mol. The number of hydrogen-bond acceptors (Lipinski definition) is 2. The fourth-order valence-electron chi connectivity index (χ4n) is 4.24. The first-order valence-corrected chi connectivity index (χ1v) is 7.30. The van der Waals surface area contributed by atoms with Crippen molar-refractivity contribution in [2.45, 2.75) is 39.0 Å². The number of hydrogen-bond donors (Lipinski definition) is 0. The number of esters is 1. The molecule has 19 heavy (non-hydrogen) atoms. The van der Waals surface area contributed by atoms with Gasteiger partial charge in [0.25, 0.3) is 0 Å². The maximum absolute atomic E-state index is 12.2. The predicted octanol–water partition coefficient (Wildman–Crippen LogP) is 3.38. The molecule has 0 aliphatic heterocycles. The average molecular weight is 258 g/mol. The van der Waals surface area contributed by atoms with Gasteiger partial charge < -0.3 is 4.74 Å². The lowest BCUT2D eigenvalue weighted by Crippen LogP contribution is -2.46. The van der Waals surface area contributed by atoms with E-state index in [1.54, 1.807) is 0 Å². The van der Waals surface area contributed by atoms with E-state index in [1.807, 2.05) is 0 Å². The molecule has 2 nitrogen and oxygen atoms in total. The van der Waals surface area contributed by atoms with Gasteiger partial charge in [0.15, 0.2) is 0 Å². The average Bonchev–Trinajstić information content (AvgIpc) is 2.45. The van der Waals surface area contributed by atoms with Crippen molar-refractivity contribution < 1.29 is 9.53 Å². The van der Waals surface area contributed by atoms with Crippen LogP contribution in [0.3, 0.4) is 0 Å². The standard InChI is InChI=1S/C17H22O2/c1-17(16(18)19-2)9-5-8-14-10-12-6-3-4-7-13(12)11-15(14)17/h3-4,6-7,14-15H,5,8-11H2,1-2H3/t14-,15-,17-/m1/s1. The monoisotopic (exact) mass is 258 g/mol. The van der Waals surface area contributed by atoms with Gasteiger partial charge in [-0.25, -0.2) is 0 Å². The van der Waals surface area contributed by atoms with E-state index >= 15 is 0 Å². The summed E-state index contributed by atoms with van der Waals surface area (Å²) in [6.07, 6.45) is 5.55. The second kappa shape index (κ2) is 4.66. The number of carbonyl (C=O) groups is 1. The van der Waals surface area contributed by atoms with Crippen molar-refractivity contribution >= 4 is 5.97 Å². The zero-order valence-corrected chi connectivity index (χ0v) is 11.8. The summed E-state index contributed by atoms with van der Waals surface area (Å²) in [7, 11) is 1.52. The lowest BCUT2D eigenvalue weighted by molar-refractivity contribution is -0.160. The molecule has 0 N–H and O–H groups in total. The third-order valence-electron chi connectivity index (χ3n) is 5.35. The van der Waals surface area contributed by atoms with Gasteiger partial charge in [0.2, 0.25) is 0 Å². The molecule has 102 valence electrons. The maximum atomic E-state index is 12.2. The van der Waals surface area contributed by atoms with Crippen molar-refractivity contribution in [1.82, 2.24) is 0 Å². The zero-order chi connectivity index (χ0) is 13.5. The van der Waals surface area contributed by atoms with Gasteiger partial charge in [-0.2, -0.15) is 0 Å². The highest BCUT2D eigenvalue weighted by Gasteiger charge is 2.49. The van der Waals surface area contributed by atoms with Crippen molar-refractivity contribution in [3.63, 3.8) is 0 Å². The Morgan fingerprint density at radius 3 is 2.63 bits per heavy atom. The van der Waals surface area contributed by atoms with E-state index in [0.717, 1.165) is 25.7 Å². The van der Waals surface area contributed by atoms with Gasteiger partial charge in [-0.05, 0) is 55.6 Å². The molecule has 1 saturated carbocycles. The van der Waals surface area contributed by atoms with Crippen molar-refractivity contribution in [3.8, 4) is 0 Å². The molecule has 1 fully saturated rings. The van der Waals surface area contributed by atoms with Crippen molar-refractivity contribution in [1.29, 1.82) is 0 Å². The van der Waals surface area contributed by atoms with Crippen LogP contribution in [-0.4, -0.2) is 13.1 Å². The van der Waals surface area contributed by atoms with Crippen LogP contribution in [0.25, 0.3) is 0 Å². The molecule has 0 radical (unpaired) electrons. The Labute approximate surface area is 115 Å². The summed E-state index contributed by atoms with van der Waals surface area (Å²) in [6, 6.07) is 8.70. The third-order valence-corrected chi connectivity index (χ3v) is 5.35. The first kappa shape index (κ1) is 12.7. The van der Waals surface area contributed by atoms with Gasteiger partial charge in [-0.1, -0.05) is 30.7 Å². The molecule has 2 heteroatoms. The van der Waals surface area contributed by atoms with E-state index in [1.165, 1.54) is 24.7 Å². The first-order valence-electron chi connectivity index (χ1n) is 7.30. The Morgan fingerprint density at radius 1 is 1.26 bits per heavy atom. The number of methoxy groups -OCH3 is 1. The highest BCUT2D eigenvalue weighted by molar-refractivity contribution is 5.77. The summed E-state index contributed by atoms with van der Waals surface area (Å²) in [4.78, 5) is 12.2. The Morgan fingerprint density at radius 2 is 1.95 bits per heavy atom. The Kier molecular flexibility index (Phi) is 3.12. The summed E-state index contributed by atoms with van der Waals surface area (Å²) < 4.78 is 5.09. The maximum Gasteiger partial charge on any atom is 0.311 e. The zero-order valence-electron chi connectivity index (χ0n) is 11.8. The second-order valence-electron chi connectivity index (χ2n) is 6.34. The molecule has 0 saturated heterocycles. The molecule has 2 aliphatic rings.